The maximum absolute atomic E-state index is 12.4. The summed E-state index contributed by atoms with van der Waals surface area (Å²) in [6.45, 7) is 3.44. The molecule has 1 aliphatic carbocycles. The van der Waals surface area contributed by atoms with Crippen LogP contribution in [0.25, 0.3) is 0 Å². The predicted octanol–water partition coefficient (Wildman–Crippen LogP) is 3.41. The van der Waals surface area contributed by atoms with E-state index in [1.54, 1.807) is 0 Å². The number of rotatable bonds is 2. The molecular formula is C18H26N2O2. The molecule has 0 bridgehead atoms. The lowest BCUT2D eigenvalue weighted by molar-refractivity contribution is -0.0863. The summed E-state index contributed by atoms with van der Waals surface area (Å²) in [5, 5.41) is 13.7. The number of fused-ring (bicyclic) bond motifs is 1. The van der Waals surface area contributed by atoms with Crippen molar-refractivity contribution in [3.63, 3.8) is 0 Å². The van der Waals surface area contributed by atoms with Crippen LogP contribution in [0.5, 0.6) is 0 Å². The predicted molar refractivity (Wildman–Crippen MR) is 87.9 cm³/mol. The molecule has 0 unspecified atom stereocenters. The third-order valence-electron chi connectivity index (χ3n) is 5.33. The minimum atomic E-state index is -0.530. The molecule has 2 aliphatic rings. The number of carbonyl (C=O) groups is 1. The number of amides is 2. The van der Waals surface area contributed by atoms with Gasteiger partial charge in [-0.1, -0.05) is 31.9 Å². The van der Waals surface area contributed by atoms with E-state index in [-0.39, 0.29) is 11.9 Å². The van der Waals surface area contributed by atoms with Crippen LogP contribution in [0.4, 0.5) is 10.5 Å². The second-order valence-electron chi connectivity index (χ2n) is 6.72. The van der Waals surface area contributed by atoms with Crippen molar-refractivity contribution in [2.24, 2.45) is 5.92 Å². The smallest absolute Gasteiger partial charge is 0.321 e. The number of anilines is 1. The second kappa shape index (κ2) is 6.29. The van der Waals surface area contributed by atoms with Crippen LogP contribution in [0.3, 0.4) is 0 Å². The van der Waals surface area contributed by atoms with Gasteiger partial charge >= 0.3 is 6.03 Å². The van der Waals surface area contributed by atoms with Crippen molar-refractivity contribution in [2.45, 2.75) is 51.0 Å². The van der Waals surface area contributed by atoms with Gasteiger partial charge in [-0.3, -0.25) is 0 Å². The van der Waals surface area contributed by atoms with Gasteiger partial charge in [-0.15, -0.1) is 0 Å². The Morgan fingerprint density at radius 2 is 2.09 bits per heavy atom. The van der Waals surface area contributed by atoms with Crippen LogP contribution in [-0.4, -0.2) is 34.7 Å². The molecule has 4 heteroatoms. The van der Waals surface area contributed by atoms with E-state index in [9.17, 15) is 9.90 Å². The lowest BCUT2D eigenvalue weighted by Crippen LogP contribution is -2.55. The number of likely N-dealkylation sites (tertiary alicyclic amines) is 1. The Morgan fingerprint density at radius 3 is 2.82 bits per heavy atom. The minimum Gasteiger partial charge on any atom is -0.389 e. The van der Waals surface area contributed by atoms with E-state index in [0.29, 0.717) is 19.5 Å². The lowest BCUT2D eigenvalue weighted by atomic mass is 9.71. The van der Waals surface area contributed by atoms with Gasteiger partial charge in [0.05, 0.1) is 5.60 Å². The summed E-state index contributed by atoms with van der Waals surface area (Å²) in [7, 11) is 0. The molecule has 0 radical (unpaired) electrons. The fourth-order valence-corrected chi connectivity index (χ4v) is 3.78. The maximum Gasteiger partial charge on any atom is 0.321 e. The molecule has 22 heavy (non-hydrogen) atoms. The first-order chi connectivity index (χ1) is 10.6. The third-order valence-corrected chi connectivity index (χ3v) is 5.33. The number of nitrogens with zero attached hydrogens (tertiary/aromatic N) is 1. The average Bonchev–Trinajstić information content (AvgIpc) is 2.54. The average molecular weight is 302 g/mol. The molecule has 1 saturated carbocycles. The van der Waals surface area contributed by atoms with Gasteiger partial charge in [-0.05, 0) is 43.4 Å². The second-order valence-corrected chi connectivity index (χ2v) is 6.72. The van der Waals surface area contributed by atoms with Gasteiger partial charge in [0.15, 0.2) is 0 Å². The Morgan fingerprint density at radius 1 is 1.32 bits per heavy atom. The van der Waals surface area contributed by atoms with Crippen LogP contribution >= 0.6 is 0 Å². The molecule has 2 fully saturated rings. The van der Waals surface area contributed by atoms with Gasteiger partial charge in [0.1, 0.15) is 0 Å². The molecule has 4 nitrogen and oxygen atoms in total. The Kier molecular flexibility index (Phi) is 4.39. The Bertz CT molecular complexity index is 528. The lowest BCUT2D eigenvalue weighted by Gasteiger charge is -2.47. The number of hydrogen-bond donors (Lipinski definition) is 2. The van der Waals surface area contributed by atoms with Crippen LogP contribution < -0.4 is 5.32 Å². The normalized spacial score (nSPS) is 28.1. The number of benzene rings is 1. The van der Waals surface area contributed by atoms with Crippen molar-refractivity contribution in [1.29, 1.82) is 0 Å². The Labute approximate surface area is 132 Å². The molecule has 2 amide bonds. The third kappa shape index (κ3) is 3.12. The summed E-state index contributed by atoms with van der Waals surface area (Å²) in [4.78, 5) is 14.3. The highest BCUT2D eigenvalue weighted by molar-refractivity contribution is 5.89. The monoisotopic (exact) mass is 302 g/mol. The molecule has 3 rings (SSSR count). The molecule has 1 aromatic carbocycles. The molecule has 0 aromatic heterocycles. The van der Waals surface area contributed by atoms with Crippen molar-refractivity contribution in [3.8, 4) is 0 Å². The van der Waals surface area contributed by atoms with Gasteiger partial charge in [0, 0.05) is 24.7 Å². The summed E-state index contributed by atoms with van der Waals surface area (Å²) in [6, 6.07) is 7.96. The van der Waals surface area contributed by atoms with Crippen molar-refractivity contribution in [3.05, 3.63) is 29.8 Å². The quantitative estimate of drug-likeness (QED) is 0.879. The highest BCUT2D eigenvalue weighted by Crippen LogP contribution is 2.39. The zero-order chi connectivity index (χ0) is 15.6. The first kappa shape index (κ1) is 15.3. The largest absolute Gasteiger partial charge is 0.389 e. The molecule has 120 valence electrons. The van der Waals surface area contributed by atoms with Crippen LogP contribution in [0, 0.1) is 5.92 Å². The molecule has 0 spiro atoms. The van der Waals surface area contributed by atoms with Crippen LogP contribution in [-0.2, 0) is 6.42 Å². The van der Waals surface area contributed by atoms with Crippen molar-refractivity contribution >= 4 is 11.7 Å². The maximum atomic E-state index is 12.4. The molecule has 1 aromatic rings. The Balaban J connectivity index is 1.60. The van der Waals surface area contributed by atoms with Crippen molar-refractivity contribution in [2.75, 3.05) is 18.4 Å². The summed E-state index contributed by atoms with van der Waals surface area (Å²) >= 11 is 0. The molecule has 2 N–H and O–H groups in total. The summed E-state index contributed by atoms with van der Waals surface area (Å²) < 4.78 is 0. The van der Waals surface area contributed by atoms with E-state index in [2.05, 4.69) is 12.2 Å². The fourth-order valence-electron chi connectivity index (χ4n) is 3.78. The van der Waals surface area contributed by atoms with E-state index in [1.807, 2.05) is 29.2 Å². The number of hydrogen-bond acceptors (Lipinski definition) is 2. The highest BCUT2D eigenvalue weighted by Gasteiger charge is 2.43. The van der Waals surface area contributed by atoms with Crippen molar-refractivity contribution in [1.82, 2.24) is 4.90 Å². The number of aliphatic hydroxyl groups is 1. The summed E-state index contributed by atoms with van der Waals surface area (Å²) in [5.41, 5.74) is 1.58. The highest BCUT2D eigenvalue weighted by atomic mass is 16.3. The zero-order valence-corrected chi connectivity index (χ0v) is 13.3. The summed E-state index contributed by atoms with van der Waals surface area (Å²) in [5.74, 6) is 0.239. The number of nitrogens with one attached hydrogen (secondary N) is 1. The molecule has 2 atom stereocenters. The summed E-state index contributed by atoms with van der Waals surface area (Å²) in [6.07, 6.45) is 5.92. The zero-order valence-electron chi connectivity index (χ0n) is 13.3. The fraction of sp³-hybridized carbons (Fsp3) is 0.611. The van der Waals surface area contributed by atoms with Gasteiger partial charge in [-0.25, -0.2) is 4.79 Å². The number of urea groups is 1. The molecule has 1 saturated heterocycles. The van der Waals surface area contributed by atoms with E-state index in [4.69, 9.17) is 0 Å². The van der Waals surface area contributed by atoms with E-state index < -0.39 is 5.60 Å². The molecular weight excluding hydrogens is 276 g/mol. The standard InChI is InChI=1S/C18H26N2O2/c1-2-14-6-8-16(9-7-14)19-17(21)20-12-11-18(22)10-4-3-5-15(18)13-20/h6-9,15,22H,2-5,10-13H2,1H3,(H,19,21)/t15-,18-/m0/s1. The number of carbonyl (C=O) groups excluding carboxylic acids is 1. The van der Waals surface area contributed by atoms with Crippen LogP contribution in [0.2, 0.25) is 0 Å². The SMILES string of the molecule is CCc1ccc(NC(=O)N2CC[C@@]3(O)CCCC[C@H]3C2)cc1. The van der Waals surface area contributed by atoms with Gasteiger partial charge in [0.2, 0.25) is 0 Å². The van der Waals surface area contributed by atoms with Gasteiger partial charge < -0.3 is 15.3 Å². The first-order valence-corrected chi connectivity index (χ1v) is 8.48. The topological polar surface area (TPSA) is 52.6 Å². The van der Waals surface area contributed by atoms with Crippen LogP contribution in [0.15, 0.2) is 24.3 Å². The van der Waals surface area contributed by atoms with Gasteiger partial charge in [0.25, 0.3) is 0 Å². The van der Waals surface area contributed by atoms with Crippen molar-refractivity contribution < 1.29 is 9.90 Å². The van der Waals surface area contributed by atoms with Gasteiger partial charge in [-0.2, -0.15) is 0 Å². The van der Waals surface area contributed by atoms with E-state index in [1.165, 1.54) is 12.0 Å². The van der Waals surface area contributed by atoms with Crippen LogP contribution in [0.1, 0.15) is 44.6 Å². The molecule has 1 heterocycles. The van der Waals surface area contributed by atoms with E-state index >= 15 is 0 Å². The Hall–Kier alpha value is -1.55. The first-order valence-electron chi connectivity index (χ1n) is 8.48. The van der Waals surface area contributed by atoms with E-state index in [0.717, 1.165) is 31.4 Å². The minimum absolute atomic E-state index is 0.0446. The number of piperidine rings is 1. The number of aryl methyl sites for hydroxylation is 1. The molecule has 1 aliphatic heterocycles.